The summed E-state index contributed by atoms with van der Waals surface area (Å²) >= 11 is 0. The molecule has 0 unspecified atom stereocenters. The van der Waals surface area contributed by atoms with Gasteiger partial charge in [0.1, 0.15) is 0 Å². The Kier molecular flexibility index (Phi) is 5.46. The average Bonchev–Trinajstić information content (AvgIpc) is 2.40. The lowest BCUT2D eigenvalue weighted by atomic mass is 9.97. The minimum Gasteiger partial charge on any atom is -0.317 e. The predicted molar refractivity (Wildman–Crippen MR) is 77.9 cm³/mol. The highest BCUT2D eigenvalue weighted by molar-refractivity contribution is 4.80. The van der Waals surface area contributed by atoms with Crippen molar-refractivity contribution in [1.82, 2.24) is 15.1 Å². The summed E-state index contributed by atoms with van der Waals surface area (Å²) in [6.45, 7) is 16.0. The molecule has 1 atom stereocenters. The van der Waals surface area contributed by atoms with E-state index in [2.05, 4.69) is 35.9 Å². The molecule has 0 radical (unpaired) electrons. The largest absolute Gasteiger partial charge is 0.317 e. The van der Waals surface area contributed by atoms with Gasteiger partial charge in [0.05, 0.1) is 0 Å². The minimum absolute atomic E-state index is 0.742. The summed E-state index contributed by atoms with van der Waals surface area (Å²) < 4.78 is 0. The van der Waals surface area contributed by atoms with Crippen LogP contribution in [0.25, 0.3) is 0 Å². The smallest absolute Gasteiger partial charge is 0.0113 e. The predicted octanol–water partition coefficient (Wildman–Crippen LogP) is 1.65. The lowest BCUT2D eigenvalue weighted by molar-refractivity contribution is 0.0721. The zero-order chi connectivity index (χ0) is 13.0. The Morgan fingerprint density at radius 3 is 2.17 bits per heavy atom. The summed E-state index contributed by atoms with van der Waals surface area (Å²) in [4.78, 5) is 5.36. The standard InChI is InChI=1S/C15H31N3/c1-13(2)14(3)18-10-8-17(9-11-18)12-15-4-6-16-7-5-15/h13-16H,4-12H2,1-3H3/t14-/m0/s1. The molecule has 3 nitrogen and oxygen atoms in total. The molecule has 0 aromatic rings. The van der Waals surface area contributed by atoms with Gasteiger partial charge in [0.2, 0.25) is 0 Å². The molecule has 0 bridgehead atoms. The van der Waals surface area contributed by atoms with Crippen molar-refractivity contribution >= 4 is 0 Å². The maximum atomic E-state index is 3.46. The summed E-state index contributed by atoms with van der Waals surface area (Å²) in [5.41, 5.74) is 0. The van der Waals surface area contributed by atoms with Gasteiger partial charge in [0.25, 0.3) is 0 Å². The SMILES string of the molecule is CC(C)[C@H](C)N1CCN(CC2CCNCC2)CC1. The van der Waals surface area contributed by atoms with Crippen LogP contribution < -0.4 is 5.32 Å². The molecule has 0 aromatic heterocycles. The molecule has 18 heavy (non-hydrogen) atoms. The Hall–Kier alpha value is -0.120. The second-order valence-electron chi connectivity index (χ2n) is 6.51. The van der Waals surface area contributed by atoms with E-state index < -0.39 is 0 Å². The van der Waals surface area contributed by atoms with Crippen molar-refractivity contribution in [2.45, 2.75) is 39.7 Å². The zero-order valence-electron chi connectivity index (χ0n) is 12.5. The van der Waals surface area contributed by atoms with E-state index in [1.807, 2.05) is 0 Å². The van der Waals surface area contributed by atoms with Crippen LogP contribution >= 0.6 is 0 Å². The van der Waals surface area contributed by atoms with Crippen molar-refractivity contribution < 1.29 is 0 Å². The minimum atomic E-state index is 0.742. The Balaban J connectivity index is 1.69. The van der Waals surface area contributed by atoms with Crippen LogP contribution in [0.3, 0.4) is 0 Å². The normalized spacial score (nSPS) is 26.7. The number of hydrogen-bond acceptors (Lipinski definition) is 3. The first-order chi connectivity index (χ1) is 8.66. The molecule has 2 rings (SSSR count). The average molecular weight is 253 g/mol. The van der Waals surface area contributed by atoms with Crippen LogP contribution in [0.4, 0.5) is 0 Å². The van der Waals surface area contributed by atoms with Crippen LogP contribution in [0, 0.1) is 11.8 Å². The Morgan fingerprint density at radius 1 is 1.00 bits per heavy atom. The second kappa shape index (κ2) is 6.88. The molecule has 2 aliphatic heterocycles. The third-order valence-electron chi connectivity index (χ3n) is 4.92. The molecule has 2 fully saturated rings. The molecular formula is C15H31N3. The van der Waals surface area contributed by atoms with Crippen LogP contribution in [0.5, 0.6) is 0 Å². The first-order valence-electron chi connectivity index (χ1n) is 7.84. The summed E-state index contributed by atoms with van der Waals surface area (Å²) in [6, 6.07) is 0.742. The molecule has 0 aromatic carbocycles. The molecule has 2 saturated heterocycles. The van der Waals surface area contributed by atoms with Gasteiger partial charge in [-0.3, -0.25) is 4.90 Å². The maximum absolute atomic E-state index is 3.46. The van der Waals surface area contributed by atoms with Crippen LogP contribution in [-0.2, 0) is 0 Å². The molecule has 3 heteroatoms. The number of piperidine rings is 1. The number of nitrogens with zero attached hydrogens (tertiary/aromatic N) is 2. The van der Waals surface area contributed by atoms with E-state index in [0.29, 0.717) is 0 Å². The highest BCUT2D eigenvalue weighted by Gasteiger charge is 2.24. The van der Waals surface area contributed by atoms with Crippen molar-refractivity contribution in [2.75, 3.05) is 45.8 Å². The lowest BCUT2D eigenvalue weighted by Gasteiger charge is -2.41. The van der Waals surface area contributed by atoms with Crippen LogP contribution in [0.2, 0.25) is 0 Å². The van der Waals surface area contributed by atoms with Gasteiger partial charge in [-0.25, -0.2) is 0 Å². The van der Waals surface area contributed by atoms with Crippen molar-refractivity contribution in [3.8, 4) is 0 Å². The van der Waals surface area contributed by atoms with E-state index in [4.69, 9.17) is 0 Å². The molecule has 0 spiro atoms. The van der Waals surface area contributed by atoms with Gasteiger partial charge in [0.15, 0.2) is 0 Å². The van der Waals surface area contributed by atoms with Crippen LogP contribution in [0.1, 0.15) is 33.6 Å². The van der Waals surface area contributed by atoms with Crippen molar-refractivity contribution in [2.24, 2.45) is 11.8 Å². The van der Waals surface area contributed by atoms with E-state index >= 15 is 0 Å². The monoisotopic (exact) mass is 253 g/mol. The summed E-state index contributed by atoms with van der Waals surface area (Å²) in [6.07, 6.45) is 2.76. The van der Waals surface area contributed by atoms with E-state index in [1.165, 1.54) is 58.7 Å². The fourth-order valence-electron chi connectivity index (χ4n) is 3.20. The Bertz CT molecular complexity index is 228. The molecule has 2 heterocycles. The fraction of sp³-hybridized carbons (Fsp3) is 1.00. The third kappa shape index (κ3) is 3.94. The molecule has 106 valence electrons. The summed E-state index contributed by atoms with van der Waals surface area (Å²) in [5, 5.41) is 3.46. The van der Waals surface area contributed by atoms with Gasteiger partial charge in [-0.1, -0.05) is 13.8 Å². The Labute approximate surface area is 113 Å². The van der Waals surface area contributed by atoms with E-state index in [0.717, 1.165) is 17.9 Å². The second-order valence-corrected chi connectivity index (χ2v) is 6.51. The molecular weight excluding hydrogens is 222 g/mol. The van der Waals surface area contributed by atoms with Crippen molar-refractivity contribution in [3.05, 3.63) is 0 Å². The zero-order valence-corrected chi connectivity index (χ0v) is 12.5. The van der Waals surface area contributed by atoms with Crippen LogP contribution in [-0.4, -0.2) is 61.7 Å². The van der Waals surface area contributed by atoms with Gasteiger partial charge in [-0.05, 0) is 44.7 Å². The Morgan fingerprint density at radius 2 is 1.61 bits per heavy atom. The summed E-state index contributed by atoms with van der Waals surface area (Å²) in [7, 11) is 0. The van der Waals surface area contributed by atoms with Gasteiger partial charge in [-0.15, -0.1) is 0 Å². The highest BCUT2D eigenvalue weighted by Crippen LogP contribution is 2.17. The molecule has 0 aliphatic carbocycles. The van der Waals surface area contributed by atoms with Crippen molar-refractivity contribution in [1.29, 1.82) is 0 Å². The first-order valence-corrected chi connectivity index (χ1v) is 7.84. The lowest BCUT2D eigenvalue weighted by Crippen LogP contribution is -2.52. The maximum Gasteiger partial charge on any atom is 0.0113 e. The molecule has 0 saturated carbocycles. The van der Waals surface area contributed by atoms with E-state index in [1.54, 1.807) is 0 Å². The van der Waals surface area contributed by atoms with Gasteiger partial charge in [0, 0.05) is 38.8 Å². The number of piperazine rings is 1. The number of rotatable bonds is 4. The van der Waals surface area contributed by atoms with Gasteiger partial charge in [-0.2, -0.15) is 0 Å². The number of nitrogens with one attached hydrogen (secondary N) is 1. The third-order valence-corrected chi connectivity index (χ3v) is 4.92. The quantitative estimate of drug-likeness (QED) is 0.822. The molecule has 0 amide bonds. The van der Waals surface area contributed by atoms with Gasteiger partial charge >= 0.3 is 0 Å². The summed E-state index contributed by atoms with van der Waals surface area (Å²) in [5.74, 6) is 1.72. The number of hydrogen-bond donors (Lipinski definition) is 1. The van der Waals surface area contributed by atoms with Gasteiger partial charge < -0.3 is 10.2 Å². The van der Waals surface area contributed by atoms with E-state index in [-0.39, 0.29) is 0 Å². The van der Waals surface area contributed by atoms with Crippen molar-refractivity contribution in [3.63, 3.8) is 0 Å². The topological polar surface area (TPSA) is 18.5 Å². The molecule has 2 aliphatic rings. The fourth-order valence-corrected chi connectivity index (χ4v) is 3.20. The van der Waals surface area contributed by atoms with Crippen LogP contribution in [0.15, 0.2) is 0 Å². The highest BCUT2D eigenvalue weighted by atomic mass is 15.3. The molecule has 1 N–H and O–H groups in total. The first kappa shape index (κ1) is 14.3. The van der Waals surface area contributed by atoms with E-state index in [9.17, 15) is 0 Å².